The molecule has 0 heterocycles. The summed E-state index contributed by atoms with van der Waals surface area (Å²) in [5, 5.41) is 9.70. The summed E-state index contributed by atoms with van der Waals surface area (Å²) in [6.07, 6.45) is 0. The second-order valence-corrected chi connectivity index (χ2v) is 4.24. The fourth-order valence-electron chi connectivity index (χ4n) is 1.74. The van der Waals surface area contributed by atoms with Crippen molar-refractivity contribution in [2.24, 2.45) is 0 Å². The van der Waals surface area contributed by atoms with Gasteiger partial charge in [0.2, 0.25) is 0 Å². The van der Waals surface area contributed by atoms with Gasteiger partial charge in [0.15, 0.2) is 0 Å². The van der Waals surface area contributed by atoms with Crippen LogP contribution in [0.25, 0.3) is 11.1 Å². The largest absolute Gasteiger partial charge is 0.478 e. The van der Waals surface area contributed by atoms with Crippen LogP contribution in [-0.2, 0) is 0 Å². The molecule has 2 nitrogen and oxygen atoms in total. The number of aromatic carboxylic acids is 1. The molecule has 0 aromatic heterocycles. The molecule has 86 valence electrons. The van der Waals surface area contributed by atoms with Crippen LogP contribution >= 0.6 is 11.6 Å². The molecular formula is C14H11ClO2. The summed E-state index contributed by atoms with van der Waals surface area (Å²) in [6.45, 7) is 1.94. The second kappa shape index (κ2) is 4.60. The van der Waals surface area contributed by atoms with Crippen molar-refractivity contribution in [1.29, 1.82) is 0 Å². The van der Waals surface area contributed by atoms with Gasteiger partial charge in [0, 0.05) is 10.6 Å². The van der Waals surface area contributed by atoms with Crippen molar-refractivity contribution in [1.82, 2.24) is 0 Å². The van der Waals surface area contributed by atoms with Crippen LogP contribution in [0.2, 0.25) is 5.02 Å². The Labute approximate surface area is 104 Å². The zero-order valence-electron chi connectivity index (χ0n) is 9.27. The van der Waals surface area contributed by atoms with Crippen LogP contribution in [0.5, 0.6) is 0 Å². The summed E-state index contributed by atoms with van der Waals surface area (Å²) < 4.78 is 0. The van der Waals surface area contributed by atoms with Gasteiger partial charge in [0.1, 0.15) is 0 Å². The molecule has 1 N–H and O–H groups in total. The normalized spacial score (nSPS) is 10.2. The van der Waals surface area contributed by atoms with Gasteiger partial charge in [-0.2, -0.15) is 0 Å². The van der Waals surface area contributed by atoms with Crippen LogP contribution < -0.4 is 0 Å². The van der Waals surface area contributed by atoms with Crippen molar-refractivity contribution in [2.45, 2.75) is 6.92 Å². The van der Waals surface area contributed by atoms with Gasteiger partial charge in [-0.05, 0) is 30.2 Å². The van der Waals surface area contributed by atoms with Gasteiger partial charge in [-0.3, -0.25) is 0 Å². The van der Waals surface area contributed by atoms with Crippen LogP contribution in [0.4, 0.5) is 0 Å². The van der Waals surface area contributed by atoms with Gasteiger partial charge in [-0.25, -0.2) is 4.79 Å². The standard InChI is InChI=1S/C14H11ClO2/c1-9-6-7-11(13(15)8-9)10-4-2-3-5-12(10)14(16)17/h2-8H,1H3,(H,16,17). The maximum absolute atomic E-state index is 11.1. The van der Waals surface area contributed by atoms with Crippen LogP contribution in [0.1, 0.15) is 15.9 Å². The van der Waals surface area contributed by atoms with Crippen molar-refractivity contribution in [2.75, 3.05) is 0 Å². The summed E-state index contributed by atoms with van der Waals surface area (Å²) in [7, 11) is 0. The van der Waals surface area contributed by atoms with E-state index >= 15 is 0 Å². The van der Waals surface area contributed by atoms with E-state index < -0.39 is 5.97 Å². The molecule has 0 saturated heterocycles. The first kappa shape index (κ1) is 11.7. The van der Waals surface area contributed by atoms with Gasteiger partial charge in [-0.1, -0.05) is 41.9 Å². The maximum Gasteiger partial charge on any atom is 0.336 e. The number of carbonyl (C=O) groups is 1. The summed E-state index contributed by atoms with van der Waals surface area (Å²) >= 11 is 6.15. The zero-order valence-corrected chi connectivity index (χ0v) is 10.0. The Balaban J connectivity index is 2.64. The maximum atomic E-state index is 11.1. The number of hydrogen-bond donors (Lipinski definition) is 1. The third-order valence-electron chi connectivity index (χ3n) is 2.57. The molecule has 0 unspecified atom stereocenters. The second-order valence-electron chi connectivity index (χ2n) is 3.83. The molecule has 0 aliphatic carbocycles. The van der Waals surface area contributed by atoms with Gasteiger partial charge in [0.25, 0.3) is 0 Å². The fourth-order valence-corrected chi connectivity index (χ4v) is 2.08. The summed E-state index contributed by atoms with van der Waals surface area (Å²) in [5.74, 6) is -0.947. The van der Waals surface area contributed by atoms with E-state index in [1.807, 2.05) is 25.1 Å². The smallest absolute Gasteiger partial charge is 0.336 e. The fraction of sp³-hybridized carbons (Fsp3) is 0.0714. The molecule has 3 heteroatoms. The number of carboxylic acid groups (broad SMARTS) is 1. The highest BCUT2D eigenvalue weighted by molar-refractivity contribution is 6.33. The SMILES string of the molecule is Cc1ccc(-c2ccccc2C(=O)O)c(Cl)c1. The van der Waals surface area contributed by atoms with Crippen molar-refractivity contribution in [3.05, 3.63) is 58.6 Å². The lowest BCUT2D eigenvalue weighted by Gasteiger charge is -2.08. The number of rotatable bonds is 2. The molecule has 17 heavy (non-hydrogen) atoms. The van der Waals surface area contributed by atoms with E-state index in [0.29, 0.717) is 10.6 Å². The minimum Gasteiger partial charge on any atom is -0.478 e. The van der Waals surface area contributed by atoms with E-state index in [2.05, 4.69) is 0 Å². The monoisotopic (exact) mass is 246 g/mol. The summed E-state index contributed by atoms with van der Waals surface area (Å²) in [5.41, 5.74) is 2.70. The van der Waals surface area contributed by atoms with E-state index in [1.165, 1.54) is 0 Å². The lowest BCUT2D eigenvalue weighted by molar-refractivity contribution is 0.0698. The first-order valence-electron chi connectivity index (χ1n) is 5.18. The van der Waals surface area contributed by atoms with Gasteiger partial charge >= 0.3 is 5.97 Å². The zero-order chi connectivity index (χ0) is 12.4. The molecule has 0 saturated carbocycles. The molecule has 0 fully saturated rings. The Morgan fingerprint density at radius 1 is 1.12 bits per heavy atom. The van der Waals surface area contributed by atoms with E-state index in [9.17, 15) is 4.79 Å². The summed E-state index contributed by atoms with van der Waals surface area (Å²) in [4.78, 5) is 11.1. The van der Waals surface area contributed by atoms with Crippen molar-refractivity contribution < 1.29 is 9.90 Å². The molecule has 2 aromatic carbocycles. The highest BCUT2D eigenvalue weighted by Crippen LogP contribution is 2.31. The topological polar surface area (TPSA) is 37.3 Å². The van der Waals surface area contributed by atoms with Crippen molar-refractivity contribution in [3.8, 4) is 11.1 Å². The van der Waals surface area contributed by atoms with Crippen molar-refractivity contribution >= 4 is 17.6 Å². The molecule has 0 amide bonds. The van der Waals surface area contributed by atoms with Crippen LogP contribution in [-0.4, -0.2) is 11.1 Å². The third kappa shape index (κ3) is 2.32. The highest BCUT2D eigenvalue weighted by Gasteiger charge is 2.12. The number of halogens is 1. The van der Waals surface area contributed by atoms with Crippen LogP contribution in [0.3, 0.4) is 0 Å². The van der Waals surface area contributed by atoms with E-state index in [1.54, 1.807) is 24.3 Å². The predicted molar refractivity (Wildman–Crippen MR) is 68.6 cm³/mol. The quantitative estimate of drug-likeness (QED) is 0.869. The molecule has 0 atom stereocenters. The van der Waals surface area contributed by atoms with E-state index in [4.69, 9.17) is 16.7 Å². The molecule has 0 bridgehead atoms. The van der Waals surface area contributed by atoms with Crippen molar-refractivity contribution in [3.63, 3.8) is 0 Å². The molecular weight excluding hydrogens is 236 g/mol. The Bertz CT molecular complexity index is 576. The molecule has 0 spiro atoms. The van der Waals surface area contributed by atoms with Crippen LogP contribution in [0.15, 0.2) is 42.5 Å². The molecule has 0 aliphatic heterocycles. The highest BCUT2D eigenvalue weighted by atomic mass is 35.5. The molecule has 2 aromatic rings. The van der Waals surface area contributed by atoms with E-state index in [-0.39, 0.29) is 5.56 Å². The molecule has 2 rings (SSSR count). The van der Waals surface area contributed by atoms with Gasteiger partial charge in [-0.15, -0.1) is 0 Å². The predicted octanol–water partition coefficient (Wildman–Crippen LogP) is 4.01. The number of benzene rings is 2. The summed E-state index contributed by atoms with van der Waals surface area (Å²) in [6, 6.07) is 12.4. The third-order valence-corrected chi connectivity index (χ3v) is 2.88. The molecule has 0 radical (unpaired) electrons. The van der Waals surface area contributed by atoms with Crippen LogP contribution in [0, 0.1) is 6.92 Å². The Morgan fingerprint density at radius 2 is 1.82 bits per heavy atom. The Hall–Kier alpha value is -1.80. The Kier molecular flexibility index (Phi) is 3.16. The molecule has 0 aliphatic rings. The lowest BCUT2D eigenvalue weighted by atomic mass is 9.99. The minimum absolute atomic E-state index is 0.262. The van der Waals surface area contributed by atoms with E-state index in [0.717, 1.165) is 11.1 Å². The number of hydrogen-bond acceptors (Lipinski definition) is 1. The van der Waals surface area contributed by atoms with Gasteiger partial charge in [0.05, 0.1) is 5.56 Å². The average molecular weight is 247 g/mol. The minimum atomic E-state index is -0.947. The first-order valence-corrected chi connectivity index (χ1v) is 5.56. The first-order chi connectivity index (χ1) is 8.09. The average Bonchev–Trinajstić information content (AvgIpc) is 2.29. The van der Waals surface area contributed by atoms with Gasteiger partial charge < -0.3 is 5.11 Å². The lowest BCUT2D eigenvalue weighted by Crippen LogP contribution is -1.99. The Morgan fingerprint density at radius 3 is 2.47 bits per heavy atom. The number of carboxylic acids is 1. The number of aryl methyl sites for hydroxylation is 1.